The van der Waals surface area contributed by atoms with E-state index >= 15 is 0 Å². The fourth-order valence-corrected chi connectivity index (χ4v) is 10.1. The maximum Gasteiger partial charge on any atom is 0.248 e. The third kappa shape index (κ3) is 5.38. The van der Waals surface area contributed by atoms with E-state index in [-0.39, 0.29) is 31.0 Å². The van der Waals surface area contributed by atoms with E-state index in [1.807, 2.05) is 74.5 Å². The van der Waals surface area contributed by atoms with Crippen molar-refractivity contribution in [1.82, 2.24) is 24.8 Å². The normalized spacial score (nSPS) is 28.1. The lowest BCUT2D eigenvalue weighted by molar-refractivity contribution is -0.143. The van der Waals surface area contributed by atoms with Crippen LogP contribution in [0.4, 0.5) is 5.69 Å². The van der Waals surface area contributed by atoms with E-state index in [9.17, 15) is 19.5 Å². The predicted molar refractivity (Wildman–Crippen MR) is 184 cm³/mol. The second kappa shape index (κ2) is 13.0. The number of carbonyl (C=O) groups is 3. The molecule has 0 radical (unpaired) electrons. The standard InChI is InChI=1S/C36H42N6O5S/c1-3-47-26-16-14-25(15-17-26)40-22-10-18-35(2)29(32(40)44)30-33(45)41(21-8-4-5-9-23-43)31-34(46)39(20-11-19-36(30,31)48-35)24-42-28-13-7-6-12-27(28)37-38-42/h6-7,10-19,29-31,43H,3-5,8-9,20-24H2,1-2H3/t29-,30+,31?,35+,36+/m1/s1. The molecule has 2 saturated heterocycles. The zero-order valence-corrected chi connectivity index (χ0v) is 28.2. The summed E-state index contributed by atoms with van der Waals surface area (Å²) in [7, 11) is 0. The van der Waals surface area contributed by atoms with Gasteiger partial charge in [0.15, 0.2) is 0 Å². The summed E-state index contributed by atoms with van der Waals surface area (Å²) in [6.45, 7) is 5.98. The molecular weight excluding hydrogens is 629 g/mol. The molecule has 2 fully saturated rings. The van der Waals surface area contributed by atoms with Crippen molar-refractivity contribution in [2.45, 2.75) is 61.7 Å². The summed E-state index contributed by atoms with van der Waals surface area (Å²) in [5.74, 6) is -1.08. The molecule has 12 heteroatoms. The first-order valence-electron chi connectivity index (χ1n) is 16.9. The van der Waals surface area contributed by atoms with Crippen LogP contribution < -0.4 is 9.64 Å². The van der Waals surface area contributed by atoms with Gasteiger partial charge in [0.2, 0.25) is 17.7 Å². The number of anilines is 1. The number of aliphatic hydroxyl groups is 1. The monoisotopic (exact) mass is 670 g/mol. The number of ether oxygens (including phenoxy) is 1. The molecule has 4 aliphatic rings. The Hall–Kier alpha value is -4.16. The summed E-state index contributed by atoms with van der Waals surface area (Å²) in [6.07, 6.45) is 11.2. The first-order chi connectivity index (χ1) is 23.3. The van der Waals surface area contributed by atoms with Gasteiger partial charge in [-0.1, -0.05) is 54.5 Å². The van der Waals surface area contributed by atoms with Crippen molar-refractivity contribution < 1.29 is 24.2 Å². The molecule has 2 aromatic carbocycles. The molecular formula is C36H42N6O5S. The highest BCUT2D eigenvalue weighted by atomic mass is 32.2. The minimum absolute atomic E-state index is 0.117. The number of thioether (sulfide) groups is 1. The second-order valence-corrected chi connectivity index (χ2v) is 14.9. The molecule has 0 aliphatic carbocycles. The molecule has 0 saturated carbocycles. The van der Waals surface area contributed by atoms with Gasteiger partial charge in [-0.25, -0.2) is 4.68 Å². The number of hydrogen-bond acceptors (Lipinski definition) is 8. The van der Waals surface area contributed by atoms with Crippen LogP contribution in [0, 0.1) is 11.8 Å². The van der Waals surface area contributed by atoms with E-state index in [1.165, 1.54) is 0 Å². The fourth-order valence-electron chi connectivity index (χ4n) is 7.99. The van der Waals surface area contributed by atoms with Crippen molar-refractivity contribution in [2.75, 3.05) is 37.7 Å². The molecule has 48 heavy (non-hydrogen) atoms. The van der Waals surface area contributed by atoms with Gasteiger partial charge < -0.3 is 24.5 Å². The first-order valence-corrected chi connectivity index (χ1v) is 17.7. The smallest absolute Gasteiger partial charge is 0.248 e. The van der Waals surface area contributed by atoms with Gasteiger partial charge in [0.05, 0.1) is 28.7 Å². The number of carbonyl (C=O) groups excluding carboxylic acids is 3. The molecule has 1 spiro atoms. The zero-order valence-electron chi connectivity index (χ0n) is 27.4. The summed E-state index contributed by atoms with van der Waals surface area (Å²) in [4.78, 5) is 49.5. The SMILES string of the molecule is CCOc1ccc(N2CC=C[C@]3(C)S[C@]45C=CCN(Cn6nnc7ccccc76)C(=O)C4N(CCCCCCO)C(=O)[C@@H]5[C@@H]3C2=O)cc1. The van der Waals surface area contributed by atoms with Gasteiger partial charge in [-0.15, -0.1) is 16.9 Å². The summed E-state index contributed by atoms with van der Waals surface area (Å²) in [5, 5.41) is 17.9. The first kappa shape index (κ1) is 32.4. The summed E-state index contributed by atoms with van der Waals surface area (Å²) >= 11 is 1.59. The molecule has 5 atom stereocenters. The lowest BCUT2D eigenvalue weighted by atomic mass is 9.74. The molecule has 3 amide bonds. The Balaban J connectivity index is 1.25. The number of aliphatic hydroxyl groups excluding tert-OH is 1. The van der Waals surface area contributed by atoms with Crippen LogP contribution in [0.25, 0.3) is 11.0 Å². The van der Waals surface area contributed by atoms with E-state index in [2.05, 4.69) is 22.5 Å². The van der Waals surface area contributed by atoms with Crippen LogP contribution in [0.2, 0.25) is 0 Å². The third-order valence-corrected chi connectivity index (χ3v) is 11.9. The van der Waals surface area contributed by atoms with Gasteiger partial charge >= 0.3 is 0 Å². The number of likely N-dealkylation sites (tertiary alicyclic amines) is 1. The number of nitrogens with zero attached hydrogens (tertiary/aromatic N) is 6. The molecule has 7 rings (SSSR count). The number of para-hydroxylation sites is 1. The Kier molecular flexibility index (Phi) is 8.80. The highest BCUT2D eigenvalue weighted by Crippen LogP contribution is 2.65. The Bertz CT molecular complexity index is 1760. The molecule has 0 bridgehead atoms. The van der Waals surface area contributed by atoms with Crippen molar-refractivity contribution in [3.63, 3.8) is 0 Å². The molecule has 11 nitrogen and oxygen atoms in total. The minimum atomic E-state index is -0.931. The quantitative estimate of drug-likeness (QED) is 0.240. The van der Waals surface area contributed by atoms with Gasteiger partial charge in [0, 0.05) is 36.7 Å². The maximum atomic E-state index is 14.8. The number of unbranched alkanes of at least 4 members (excludes halogenated alkanes) is 3. The number of rotatable bonds is 11. The maximum absolute atomic E-state index is 14.8. The molecule has 5 heterocycles. The molecule has 1 aromatic heterocycles. The Morgan fingerprint density at radius 3 is 2.48 bits per heavy atom. The van der Waals surface area contributed by atoms with Crippen molar-refractivity contribution >= 4 is 46.2 Å². The third-order valence-electron chi connectivity index (χ3n) is 10.1. The number of fused-ring (bicyclic) bond motifs is 3. The molecule has 1 unspecified atom stereocenters. The Labute approximate surface area is 284 Å². The fraction of sp³-hybridized carbons (Fsp3) is 0.472. The van der Waals surface area contributed by atoms with E-state index < -0.39 is 27.4 Å². The van der Waals surface area contributed by atoms with Gasteiger partial charge in [-0.05, 0) is 63.1 Å². The molecule has 1 N–H and O–H groups in total. The Morgan fingerprint density at radius 2 is 1.69 bits per heavy atom. The van der Waals surface area contributed by atoms with Gasteiger partial charge in [-0.3, -0.25) is 14.4 Å². The van der Waals surface area contributed by atoms with Crippen LogP contribution in [0.15, 0.2) is 72.8 Å². The number of hydrogen-bond donors (Lipinski definition) is 1. The van der Waals surface area contributed by atoms with Crippen molar-refractivity contribution in [3.8, 4) is 5.75 Å². The van der Waals surface area contributed by atoms with Crippen LogP contribution in [-0.2, 0) is 21.1 Å². The predicted octanol–water partition coefficient (Wildman–Crippen LogP) is 4.03. The summed E-state index contributed by atoms with van der Waals surface area (Å²) in [5.41, 5.74) is 2.31. The number of amides is 3. The van der Waals surface area contributed by atoms with E-state index in [1.54, 1.807) is 31.1 Å². The second-order valence-electron chi connectivity index (χ2n) is 13.1. The van der Waals surface area contributed by atoms with Crippen molar-refractivity contribution in [3.05, 3.63) is 72.8 Å². The van der Waals surface area contributed by atoms with Crippen molar-refractivity contribution in [2.24, 2.45) is 11.8 Å². The lowest BCUT2D eigenvalue weighted by Crippen LogP contribution is -2.53. The number of benzene rings is 2. The van der Waals surface area contributed by atoms with E-state index in [0.29, 0.717) is 39.1 Å². The van der Waals surface area contributed by atoms with Crippen LogP contribution in [-0.4, -0.2) is 96.0 Å². The summed E-state index contributed by atoms with van der Waals surface area (Å²) in [6, 6.07) is 14.3. The van der Waals surface area contributed by atoms with E-state index in [4.69, 9.17) is 4.74 Å². The zero-order chi connectivity index (χ0) is 33.5. The molecule has 252 valence electrons. The van der Waals surface area contributed by atoms with Crippen LogP contribution >= 0.6 is 11.8 Å². The minimum Gasteiger partial charge on any atom is -0.494 e. The van der Waals surface area contributed by atoms with Crippen LogP contribution in [0.5, 0.6) is 5.75 Å². The molecule has 4 aliphatic heterocycles. The summed E-state index contributed by atoms with van der Waals surface area (Å²) < 4.78 is 5.72. The Morgan fingerprint density at radius 1 is 0.917 bits per heavy atom. The topological polar surface area (TPSA) is 121 Å². The molecule has 3 aromatic rings. The average Bonchev–Trinajstić information content (AvgIpc) is 3.61. The van der Waals surface area contributed by atoms with Crippen LogP contribution in [0.1, 0.15) is 39.5 Å². The van der Waals surface area contributed by atoms with Gasteiger partial charge in [0.25, 0.3) is 0 Å². The van der Waals surface area contributed by atoms with Gasteiger partial charge in [0.1, 0.15) is 24.0 Å². The van der Waals surface area contributed by atoms with Crippen LogP contribution in [0.3, 0.4) is 0 Å². The largest absolute Gasteiger partial charge is 0.494 e. The van der Waals surface area contributed by atoms with E-state index in [0.717, 1.165) is 35.3 Å². The highest BCUT2D eigenvalue weighted by molar-refractivity contribution is 8.02. The average molecular weight is 671 g/mol. The van der Waals surface area contributed by atoms with Gasteiger partial charge in [-0.2, -0.15) is 0 Å². The van der Waals surface area contributed by atoms with Crippen molar-refractivity contribution in [1.29, 1.82) is 0 Å². The highest BCUT2D eigenvalue weighted by Gasteiger charge is 2.73. The lowest BCUT2D eigenvalue weighted by Gasteiger charge is -2.36. The number of aromatic nitrogens is 3.